The first-order valence-electron chi connectivity index (χ1n) is 8.64. The third-order valence-electron chi connectivity index (χ3n) is 4.66. The third kappa shape index (κ3) is 2.47. The normalized spacial score (nSPS) is 12.5. The number of ether oxygens (including phenoxy) is 1. The Morgan fingerprint density at radius 1 is 1.31 bits per heavy atom. The number of aromatic nitrogens is 4. The van der Waals surface area contributed by atoms with Gasteiger partial charge in [0.1, 0.15) is 23.7 Å². The molecule has 1 aliphatic rings. The fraction of sp³-hybridized carbons (Fsp3) is 0.316. The predicted octanol–water partition coefficient (Wildman–Crippen LogP) is 3.62. The predicted molar refractivity (Wildman–Crippen MR) is 98.4 cm³/mol. The Balaban J connectivity index is 1.67. The summed E-state index contributed by atoms with van der Waals surface area (Å²) in [5.74, 6) is 0.541. The Labute approximate surface area is 151 Å². The number of fused-ring (bicyclic) bond motifs is 3. The molecule has 0 aliphatic carbocycles. The van der Waals surface area contributed by atoms with E-state index >= 15 is 0 Å². The van der Waals surface area contributed by atoms with Crippen molar-refractivity contribution in [1.29, 1.82) is 0 Å². The summed E-state index contributed by atoms with van der Waals surface area (Å²) in [6, 6.07) is 7.92. The van der Waals surface area contributed by atoms with Gasteiger partial charge in [-0.3, -0.25) is 14.6 Å². The first kappa shape index (κ1) is 16.4. The number of para-hydroxylation sites is 1. The summed E-state index contributed by atoms with van der Waals surface area (Å²) >= 11 is 0. The van der Waals surface area contributed by atoms with Gasteiger partial charge in [-0.2, -0.15) is 10.2 Å². The maximum absolute atomic E-state index is 12.9. The maximum Gasteiger partial charge on any atom is 0.274 e. The quantitative estimate of drug-likeness (QED) is 0.755. The van der Waals surface area contributed by atoms with Gasteiger partial charge in [-0.05, 0) is 39.8 Å². The van der Waals surface area contributed by atoms with Crippen LogP contribution in [0.2, 0.25) is 0 Å². The molecule has 26 heavy (non-hydrogen) atoms. The zero-order valence-corrected chi connectivity index (χ0v) is 15.3. The van der Waals surface area contributed by atoms with Crippen LogP contribution in [0.3, 0.4) is 0 Å². The topological polar surface area (TPSA) is 84.8 Å². The Morgan fingerprint density at radius 2 is 2.08 bits per heavy atom. The molecule has 3 aromatic rings. The Hall–Kier alpha value is -3.09. The lowest BCUT2D eigenvalue weighted by atomic mass is 10.0. The van der Waals surface area contributed by atoms with Crippen LogP contribution in [0.15, 0.2) is 24.3 Å². The van der Waals surface area contributed by atoms with Crippen LogP contribution >= 0.6 is 0 Å². The molecule has 3 heterocycles. The van der Waals surface area contributed by atoms with Gasteiger partial charge in [0.25, 0.3) is 5.91 Å². The highest BCUT2D eigenvalue weighted by Crippen LogP contribution is 2.37. The molecule has 7 heteroatoms. The van der Waals surface area contributed by atoms with Crippen molar-refractivity contribution in [2.24, 2.45) is 0 Å². The van der Waals surface area contributed by atoms with Crippen LogP contribution in [0.5, 0.6) is 5.75 Å². The lowest BCUT2D eigenvalue weighted by molar-refractivity contribution is 0.101. The Bertz CT molecular complexity index is 1000. The highest BCUT2D eigenvalue weighted by molar-refractivity contribution is 6.05. The molecule has 2 aromatic heterocycles. The number of nitrogens with zero attached hydrogens (tertiary/aromatic N) is 3. The van der Waals surface area contributed by atoms with E-state index in [-0.39, 0.29) is 11.9 Å². The average Bonchev–Trinajstić information content (AvgIpc) is 3.18. The molecule has 7 nitrogen and oxygen atoms in total. The molecule has 0 saturated heterocycles. The van der Waals surface area contributed by atoms with E-state index in [1.807, 2.05) is 42.8 Å². The number of H-pyrrole nitrogens is 1. The second-order valence-corrected chi connectivity index (χ2v) is 6.75. The van der Waals surface area contributed by atoms with Crippen molar-refractivity contribution in [1.82, 2.24) is 20.0 Å². The number of anilines is 1. The minimum Gasteiger partial charge on any atom is -0.488 e. The molecule has 134 valence electrons. The van der Waals surface area contributed by atoms with Crippen LogP contribution in [-0.2, 0) is 6.61 Å². The van der Waals surface area contributed by atoms with Gasteiger partial charge in [0.15, 0.2) is 0 Å². The van der Waals surface area contributed by atoms with Gasteiger partial charge >= 0.3 is 0 Å². The number of carbonyl (C=O) groups is 1. The van der Waals surface area contributed by atoms with E-state index in [0.717, 1.165) is 39.6 Å². The summed E-state index contributed by atoms with van der Waals surface area (Å²) in [6.45, 7) is 8.28. The third-order valence-corrected chi connectivity index (χ3v) is 4.66. The molecule has 1 aromatic carbocycles. The van der Waals surface area contributed by atoms with E-state index in [2.05, 4.69) is 34.5 Å². The van der Waals surface area contributed by atoms with Gasteiger partial charge in [-0.1, -0.05) is 12.1 Å². The largest absolute Gasteiger partial charge is 0.488 e. The van der Waals surface area contributed by atoms with Gasteiger partial charge < -0.3 is 10.1 Å². The van der Waals surface area contributed by atoms with Crippen LogP contribution in [0, 0.1) is 13.8 Å². The summed E-state index contributed by atoms with van der Waals surface area (Å²) in [6.07, 6.45) is 0. The van der Waals surface area contributed by atoms with E-state index in [4.69, 9.17) is 4.74 Å². The Morgan fingerprint density at radius 3 is 2.81 bits per heavy atom. The number of hydrogen-bond donors (Lipinski definition) is 2. The average molecular weight is 351 g/mol. The standard InChI is InChI=1S/C19H21N5O2/c1-10(2)24-12(4)16(11(3)23-24)20-19(25)18-14-9-26-15-8-6-5-7-13(15)17(14)21-22-18/h5-8,10H,9H2,1-4H3,(H,20,25)(H,21,22). The highest BCUT2D eigenvalue weighted by atomic mass is 16.5. The SMILES string of the molecule is Cc1nn(C(C)C)c(C)c1NC(=O)c1[nH]nc2c1COc1ccccc1-2. The molecule has 1 amide bonds. The van der Waals surface area contributed by atoms with Crippen molar-refractivity contribution in [3.05, 3.63) is 46.9 Å². The first-order chi connectivity index (χ1) is 12.5. The highest BCUT2D eigenvalue weighted by Gasteiger charge is 2.27. The fourth-order valence-electron chi connectivity index (χ4n) is 3.38. The van der Waals surface area contributed by atoms with E-state index in [1.54, 1.807) is 0 Å². The number of carbonyl (C=O) groups excluding carboxylic acids is 1. The van der Waals surface area contributed by atoms with Crippen LogP contribution in [0.4, 0.5) is 5.69 Å². The van der Waals surface area contributed by atoms with Crippen molar-refractivity contribution < 1.29 is 9.53 Å². The van der Waals surface area contributed by atoms with Crippen molar-refractivity contribution in [3.8, 4) is 17.0 Å². The van der Waals surface area contributed by atoms with Crippen molar-refractivity contribution in [2.45, 2.75) is 40.3 Å². The minimum absolute atomic E-state index is 0.226. The molecule has 0 saturated carbocycles. The lowest BCUT2D eigenvalue weighted by Crippen LogP contribution is -2.17. The van der Waals surface area contributed by atoms with E-state index < -0.39 is 0 Å². The molecule has 0 fully saturated rings. The smallest absolute Gasteiger partial charge is 0.274 e. The van der Waals surface area contributed by atoms with Crippen molar-refractivity contribution in [2.75, 3.05) is 5.32 Å². The van der Waals surface area contributed by atoms with Crippen LogP contribution < -0.4 is 10.1 Å². The number of nitrogens with one attached hydrogen (secondary N) is 2. The van der Waals surface area contributed by atoms with Crippen LogP contribution in [-0.4, -0.2) is 25.9 Å². The Kier molecular flexibility index (Phi) is 3.79. The molecule has 1 aliphatic heterocycles. The molecule has 4 rings (SSSR count). The molecular weight excluding hydrogens is 330 g/mol. The van der Waals surface area contributed by atoms with Gasteiger partial charge in [0, 0.05) is 17.2 Å². The van der Waals surface area contributed by atoms with Crippen LogP contribution in [0.25, 0.3) is 11.3 Å². The molecule has 0 spiro atoms. The second kappa shape index (κ2) is 6.01. The molecule has 2 N–H and O–H groups in total. The van der Waals surface area contributed by atoms with E-state index in [9.17, 15) is 4.79 Å². The second-order valence-electron chi connectivity index (χ2n) is 6.75. The summed E-state index contributed by atoms with van der Waals surface area (Å²) in [4.78, 5) is 12.9. The maximum atomic E-state index is 12.9. The molecule has 0 bridgehead atoms. The zero-order chi connectivity index (χ0) is 18.4. The summed E-state index contributed by atoms with van der Waals surface area (Å²) in [5, 5.41) is 14.7. The molecular formula is C19H21N5O2. The number of rotatable bonds is 3. The fourth-order valence-corrected chi connectivity index (χ4v) is 3.38. The van der Waals surface area contributed by atoms with E-state index in [0.29, 0.717) is 12.3 Å². The van der Waals surface area contributed by atoms with Gasteiger partial charge in [-0.25, -0.2) is 0 Å². The first-order valence-corrected chi connectivity index (χ1v) is 8.64. The summed E-state index contributed by atoms with van der Waals surface area (Å²) in [5.41, 5.74) is 5.32. The summed E-state index contributed by atoms with van der Waals surface area (Å²) in [7, 11) is 0. The number of hydrogen-bond acceptors (Lipinski definition) is 4. The van der Waals surface area contributed by atoms with Gasteiger partial charge in [0.2, 0.25) is 0 Å². The monoisotopic (exact) mass is 351 g/mol. The van der Waals surface area contributed by atoms with Crippen molar-refractivity contribution >= 4 is 11.6 Å². The van der Waals surface area contributed by atoms with Gasteiger partial charge in [0.05, 0.1) is 17.1 Å². The number of aromatic amines is 1. The number of aryl methyl sites for hydroxylation is 1. The van der Waals surface area contributed by atoms with Crippen LogP contribution in [0.1, 0.15) is 47.3 Å². The number of amides is 1. The summed E-state index contributed by atoms with van der Waals surface area (Å²) < 4.78 is 7.69. The molecule has 0 atom stereocenters. The molecule has 0 unspecified atom stereocenters. The van der Waals surface area contributed by atoms with Gasteiger partial charge in [-0.15, -0.1) is 0 Å². The molecule has 0 radical (unpaired) electrons. The van der Waals surface area contributed by atoms with E-state index in [1.165, 1.54) is 0 Å². The van der Waals surface area contributed by atoms with Crippen molar-refractivity contribution in [3.63, 3.8) is 0 Å². The minimum atomic E-state index is -0.240. The number of benzene rings is 1. The zero-order valence-electron chi connectivity index (χ0n) is 15.3. The lowest BCUT2D eigenvalue weighted by Gasteiger charge is -2.17.